The SMILES string of the molecule is COCCN(CC(=O)N(Cc1cccn1Cc1cccc(C)c1)C(C)(C)C)C(=O)c1ccco1. The number of ether oxygens (including phenoxy) is 1. The van der Waals surface area contributed by atoms with E-state index in [2.05, 4.69) is 35.8 Å². The summed E-state index contributed by atoms with van der Waals surface area (Å²) in [5, 5.41) is 0. The summed E-state index contributed by atoms with van der Waals surface area (Å²) in [5.41, 5.74) is 3.03. The van der Waals surface area contributed by atoms with Crippen LogP contribution in [0.4, 0.5) is 0 Å². The first kappa shape index (κ1) is 25.3. The maximum Gasteiger partial charge on any atom is 0.290 e. The molecule has 2 heterocycles. The van der Waals surface area contributed by atoms with Gasteiger partial charge in [0, 0.05) is 37.6 Å². The zero-order valence-electron chi connectivity index (χ0n) is 20.8. The third-order valence-corrected chi connectivity index (χ3v) is 5.70. The van der Waals surface area contributed by atoms with Crippen LogP contribution in [-0.4, -0.2) is 58.5 Å². The third-order valence-electron chi connectivity index (χ3n) is 5.70. The second-order valence-corrected chi connectivity index (χ2v) is 9.46. The van der Waals surface area contributed by atoms with Crippen LogP contribution in [0.1, 0.15) is 48.1 Å². The van der Waals surface area contributed by atoms with E-state index in [9.17, 15) is 9.59 Å². The molecule has 0 saturated heterocycles. The Morgan fingerprint density at radius 1 is 1.09 bits per heavy atom. The molecule has 0 spiro atoms. The Bertz CT molecular complexity index is 1080. The van der Waals surface area contributed by atoms with E-state index >= 15 is 0 Å². The van der Waals surface area contributed by atoms with Crippen LogP contribution in [-0.2, 0) is 22.6 Å². The molecule has 34 heavy (non-hydrogen) atoms. The lowest BCUT2D eigenvalue weighted by molar-refractivity contribution is -0.137. The molecule has 0 aliphatic heterocycles. The molecule has 3 rings (SSSR count). The van der Waals surface area contributed by atoms with Gasteiger partial charge in [-0.1, -0.05) is 29.8 Å². The van der Waals surface area contributed by atoms with Crippen molar-refractivity contribution in [1.82, 2.24) is 14.4 Å². The summed E-state index contributed by atoms with van der Waals surface area (Å²) in [6.07, 6.45) is 3.49. The van der Waals surface area contributed by atoms with Gasteiger partial charge in [-0.3, -0.25) is 9.59 Å². The van der Waals surface area contributed by atoms with Crippen LogP contribution >= 0.6 is 0 Å². The van der Waals surface area contributed by atoms with Gasteiger partial charge in [-0.05, 0) is 57.5 Å². The Morgan fingerprint density at radius 3 is 2.53 bits per heavy atom. The Kier molecular flexibility index (Phi) is 8.34. The van der Waals surface area contributed by atoms with Gasteiger partial charge in [0.1, 0.15) is 6.54 Å². The second kappa shape index (κ2) is 11.2. The normalized spacial score (nSPS) is 11.4. The summed E-state index contributed by atoms with van der Waals surface area (Å²) >= 11 is 0. The van der Waals surface area contributed by atoms with Crippen molar-refractivity contribution in [3.63, 3.8) is 0 Å². The molecule has 0 atom stereocenters. The summed E-state index contributed by atoms with van der Waals surface area (Å²) in [4.78, 5) is 29.8. The van der Waals surface area contributed by atoms with Gasteiger partial charge in [0.05, 0.1) is 19.4 Å². The van der Waals surface area contributed by atoms with Crippen molar-refractivity contribution in [2.75, 3.05) is 26.8 Å². The highest BCUT2D eigenvalue weighted by molar-refractivity contribution is 5.94. The molecular weight excluding hydrogens is 430 g/mol. The van der Waals surface area contributed by atoms with Crippen LogP contribution in [0.5, 0.6) is 0 Å². The number of carbonyl (C=O) groups excluding carboxylic acids is 2. The number of hydrogen-bond donors (Lipinski definition) is 0. The Hall–Kier alpha value is -3.32. The summed E-state index contributed by atoms with van der Waals surface area (Å²) < 4.78 is 12.6. The zero-order chi connectivity index (χ0) is 24.7. The molecule has 0 fully saturated rings. The number of methoxy groups -OCH3 is 1. The van der Waals surface area contributed by atoms with E-state index in [4.69, 9.17) is 9.15 Å². The number of aromatic nitrogens is 1. The molecule has 0 saturated carbocycles. The van der Waals surface area contributed by atoms with E-state index in [1.807, 2.05) is 44.0 Å². The molecule has 0 aliphatic carbocycles. The predicted octanol–water partition coefficient (Wildman–Crippen LogP) is 4.35. The third kappa shape index (κ3) is 6.60. The molecule has 182 valence electrons. The number of carbonyl (C=O) groups is 2. The van der Waals surface area contributed by atoms with Crippen LogP contribution in [0.3, 0.4) is 0 Å². The van der Waals surface area contributed by atoms with Crippen LogP contribution in [0.15, 0.2) is 65.4 Å². The van der Waals surface area contributed by atoms with Gasteiger partial charge in [-0.25, -0.2) is 0 Å². The van der Waals surface area contributed by atoms with Gasteiger partial charge in [0.2, 0.25) is 5.91 Å². The average Bonchev–Trinajstić information content (AvgIpc) is 3.46. The molecule has 3 aromatic rings. The highest BCUT2D eigenvalue weighted by atomic mass is 16.5. The Labute approximate surface area is 201 Å². The first-order valence-corrected chi connectivity index (χ1v) is 11.5. The van der Waals surface area contributed by atoms with Crippen LogP contribution in [0.25, 0.3) is 0 Å². The fourth-order valence-electron chi connectivity index (χ4n) is 3.87. The molecule has 2 amide bonds. The largest absolute Gasteiger partial charge is 0.459 e. The van der Waals surface area contributed by atoms with Crippen LogP contribution in [0, 0.1) is 6.92 Å². The molecule has 2 aromatic heterocycles. The van der Waals surface area contributed by atoms with Crippen molar-refractivity contribution in [3.05, 3.63) is 83.6 Å². The number of amides is 2. The molecule has 1 aromatic carbocycles. The molecule has 7 heteroatoms. The van der Waals surface area contributed by atoms with Gasteiger partial charge in [0.25, 0.3) is 5.91 Å². The van der Waals surface area contributed by atoms with E-state index in [1.54, 1.807) is 19.2 Å². The van der Waals surface area contributed by atoms with Crippen molar-refractivity contribution >= 4 is 11.8 Å². The van der Waals surface area contributed by atoms with Gasteiger partial charge in [0.15, 0.2) is 5.76 Å². The maximum atomic E-state index is 13.5. The molecular formula is C27H35N3O4. The highest BCUT2D eigenvalue weighted by Gasteiger charge is 2.30. The van der Waals surface area contributed by atoms with E-state index in [-0.39, 0.29) is 24.1 Å². The summed E-state index contributed by atoms with van der Waals surface area (Å²) in [6, 6.07) is 15.7. The summed E-state index contributed by atoms with van der Waals surface area (Å²) in [7, 11) is 1.57. The molecule has 0 bridgehead atoms. The van der Waals surface area contributed by atoms with Crippen molar-refractivity contribution < 1.29 is 18.7 Å². The Balaban J connectivity index is 1.78. The van der Waals surface area contributed by atoms with Gasteiger partial charge in [-0.15, -0.1) is 0 Å². The number of benzene rings is 1. The molecule has 0 unspecified atom stereocenters. The van der Waals surface area contributed by atoms with E-state index < -0.39 is 5.54 Å². The van der Waals surface area contributed by atoms with Crippen molar-refractivity contribution in [1.29, 1.82) is 0 Å². The first-order valence-electron chi connectivity index (χ1n) is 11.5. The van der Waals surface area contributed by atoms with E-state index in [0.29, 0.717) is 19.7 Å². The lowest BCUT2D eigenvalue weighted by atomic mass is 10.1. The van der Waals surface area contributed by atoms with Gasteiger partial charge in [-0.2, -0.15) is 0 Å². The van der Waals surface area contributed by atoms with Gasteiger partial charge < -0.3 is 23.5 Å². The number of nitrogens with zero attached hydrogens (tertiary/aromatic N) is 3. The fraction of sp³-hybridized carbons (Fsp3) is 0.407. The van der Waals surface area contributed by atoms with E-state index in [1.165, 1.54) is 22.3 Å². The smallest absolute Gasteiger partial charge is 0.290 e. The number of rotatable bonds is 10. The number of hydrogen-bond acceptors (Lipinski definition) is 4. The lowest BCUT2D eigenvalue weighted by Gasteiger charge is -2.37. The first-order chi connectivity index (χ1) is 16.2. The standard InChI is InChI=1S/C27H35N3O4/c1-21-9-6-10-22(17-21)18-28-13-7-11-23(28)19-30(27(2,3)4)25(31)20-29(14-16-33-5)26(32)24-12-8-15-34-24/h6-13,15,17H,14,16,18-20H2,1-5H3. The number of aryl methyl sites for hydroxylation is 1. The maximum absolute atomic E-state index is 13.5. The molecule has 0 radical (unpaired) electrons. The fourth-order valence-corrected chi connectivity index (χ4v) is 3.87. The molecule has 0 aliphatic rings. The van der Waals surface area contributed by atoms with Gasteiger partial charge >= 0.3 is 0 Å². The van der Waals surface area contributed by atoms with Crippen LogP contribution in [0.2, 0.25) is 0 Å². The highest BCUT2D eigenvalue weighted by Crippen LogP contribution is 2.20. The zero-order valence-corrected chi connectivity index (χ0v) is 20.8. The minimum absolute atomic E-state index is 0.0568. The van der Waals surface area contributed by atoms with Crippen molar-refractivity contribution in [3.8, 4) is 0 Å². The second-order valence-electron chi connectivity index (χ2n) is 9.46. The summed E-state index contributed by atoms with van der Waals surface area (Å²) in [6.45, 7) is 9.84. The van der Waals surface area contributed by atoms with E-state index in [0.717, 1.165) is 12.2 Å². The lowest BCUT2D eigenvalue weighted by Crippen LogP contribution is -2.50. The van der Waals surface area contributed by atoms with Crippen molar-refractivity contribution in [2.45, 2.75) is 46.3 Å². The summed E-state index contributed by atoms with van der Waals surface area (Å²) in [5.74, 6) is -0.253. The predicted molar refractivity (Wildman–Crippen MR) is 132 cm³/mol. The minimum atomic E-state index is -0.434. The molecule has 7 nitrogen and oxygen atoms in total. The van der Waals surface area contributed by atoms with Crippen LogP contribution < -0.4 is 0 Å². The minimum Gasteiger partial charge on any atom is -0.459 e. The number of furan rings is 1. The molecule has 0 N–H and O–H groups in total. The Morgan fingerprint density at radius 2 is 1.88 bits per heavy atom. The quantitative estimate of drug-likeness (QED) is 0.446. The van der Waals surface area contributed by atoms with Crippen molar-refractivity contribution in [2.24, 2.45) is 0 Å². The average molecular weight is 466 g/mol. The topological polar surface area (TPSA) is 67.9 Å². The monoisotopic (exact) mass is 465 g/mol.